The van der Waals surface area contributed by atoms with Gasteiger partial charge in [-0.2, -0.15) is 5.10 Å². The van der Waals surface area contributed by atoms with E-state index in [0.717, 1.165) is 12.1 Å². The number of nitrogens with zero attached hydrogens (tertiary/aromatic N) is 3. The second kappa shape index (κ2) is 6.26. The first-order chi connectivity index (χ1) is 9.47. The van der Waals surface area contributed by atoms with E-state index in [9.17, 15) is 4.79 Å². The van der Waals surface area contributed by atoms with Crippen LogP contribution < -0.4 is 16.2 Å². The number of hydrogen-bond donors (Lipinski definition) is 1. The molecular weight excluding hydrogens is 320 g/mol. The second-order valence-corrected chi connectivity index (χ2v) is 6.59. The molecule has 1 aliphatic carbocycles. The Kier molecular flexibility index (Phi) is 4.86. The van der Waals surface area contributed by atoms with Crippen molar-refractivity contribution in [3.05, 3.63) is 21.0 Å². The molecule has 20 heavy (non-hydrogen) atoms. The summed E-state index contributed by atoms with van der Waals surface area (Å²) in [5.41, 5.74) is 6.63. The molecule has 0 spiro atoms. The third kappa shape index (κ3) is 2.76. The molecule has 2 rings (SSSR count). The summed E-state index contributed by atoms with van der Waals surface area (Å²) in [5, 5.41) is 4.28. The van der Waals surface area contributed by atoms with Crippen LogP contribution in [0, 0.1) is 5.92 Å². The van der Waals surface area contributed by atoms with Crippen LogP contribution in [0.3, 0.4) is 0 Å². The van der Waals surface area contributed by atoms with Crippen LogP contribution in [0.2, 0.25) is 0 Å². The molecule has 1 fully saturated rings. The number of anilines is 1. The van der Waals surface area contributed by atoms with Crippen molar-refractivity contribution < 1.29 is 0 Å². The van der Waals surface area contributed by atoms with E-state index < -0.39 is 0 Å². The van der Waals surface area contributed by atoms with Crippen molar-refractivity contribution in [2.24, 2.45) is 11.7 Å². The minimum atomic E-state index is -0.0772. The lowest BCUT2D eigenvalue weighted by Crippen LogP contribution is -2.39. The Morgan fingerprint density at radius 1 is 1.55 bits per heavy atom. The molecule has 2 unspecified atom stereocenters. The van der Waals surface area contributed by atoms with Gasteiger partial charge in [-0.25, -0.2) is 4.68 Å². The summed E-state index contributed by atoms with van der Waals surface area (Å²) in [6.07, 6.45) is 5.26. The highest BCUT2D eigenvalue weighted by atomic mass is 79.9. The van der Waals surface area contributed by atoms with Gasteiger partial charge in [0.25, 0.3) is 5.56 Å². The molecule has 2 N–H and O–H groups in total. The Morgan fingerprint density at radius 2 is 2.25 bits per heavy atom. The lowest BCUT2D eigenvalue weighted by molar-refractivity contribution is 0.468. The first-order valence-electron chi connectivity index (χ1n) is 7.17. The van der Waals surface area contributed by atoms with Crippen LogP contribution >= 0.6 is 15.9 Å². The fourth-order valence-corrected chi connectivity index (χ4v) is 3.59. The molecular formula is C14H23BrN4O. The highest BCUT2D eigenvalue weighted by Crippen LogP contribution is 2.33. The zero-order valence-electron chi connectivity index (χ0n) is 12.3. The lowest BCUT2D eigenvalue weighted by atomic mass is 10.0. The Balaban J connectivity index is 2.33. The first-order valence-corrected chi connectivity index (χ1v) is 7.96. The van der Waals surface area contributed by atoms with E-state index in [2.05, 4.69) is 25.9 Å². The summed E-state index contributed by atoms with van der Waals surface area (Å²) in [5.74, 6) is 0.499. The van der Waals surface area contributed by atoms with Gasteiger partial charge in [0.1, 0.15) is 4.47 Å². The normalized spacial score (nSPS) is 22.5. The van der Waals surface area contributed by atoms with Crippen LogP contribution in [0.25, 0.3) is 0 Å². The van der Waals surface area contributed by atoms with Gasteiger partial charge in [0, 0.05) is 13.1 Å². The molecule has 1 aromatic rings. The molecule has 0 amide bonds. The number of rotatable bonds is 4. The summed E-state index contributed by atoms with van der Waals surface area (Å²) >= 11 is 3.44. The van der Waals surface area contributed by atoms with Crippen LogP contribution in [0.4, 0.5) is 5.69 Å². The van der Waals surface area contributed by atoms with E-state index in [0.29, 0.717) is 23.0 Å². The quantitative estimate of drug-likeness (QED) is 0.910. The van der Waals surface area contributed by atoms with E-state index in [1.807, 2.05) is 20.9 Å². The second-order valence-electron chi connectivity index (χ2n) is 5.79. The summed E-state index contributed by atoms with van der Waals surface area (Å²) < 4.78 is 2.09. The molecule has 0 aromatic carbocycles. The summed E-state index contributed by atoms with van der Waals surface area (Å²) in [6, 6.07) is 0.453. The fourth-order valence-electron chi connectivity index (χ4n) is 3.03. The van der Waals surface area contributed by atoms with Gasteiger partial charge in [0.2, 0.25) is 0 Å². The van der Waals surface area contributed by atoms with E-state index in [1.165, 1.54) is 17.5 Å². The van der Waals surface area contributed by atoms with Crippen molar-refractivity contribution in [1.29, 1.82) is 0 Å². The predicted octanol–water partition coefficient (Wildman–Crippen LogP) is 2.15. The van der Waals surface area contributed by atoms with Gasteiger partial charge in [-0.3, -0.25) is 4.79 Å². The lowest BCUT2D eigenvalue weighted by Gasteiger charge is -2.31. The van der Waals surface area contributed by atoms with Gasteiger partial charge >= 0.3 is 0 Å². The molecule has 112 valence electrons. The summed E-state index contributed by atoms with van der Waals surface area (Å²) in [7, 11) is 2.03. The largest absolute Gasteiger partial charge is 0.369 e. The summed E-state index contributed by atoms with van der Waals surface area (Å²) in [4.78, 5) is 14.5. The first kappa shape index (κ1) is 15.5. The Labute approximate surface area is 128 Å². The third-order valence-corrected chi connectivity index (χ3v) is 4.96. The number of nitrogens with two attached hydrogens (primary N) is 1. The number of halogens is 1. The van der Waals surface area contributed by atoms with Crippen LogP contribution in [-0.2, 0) is 0 Å². The zero-order chi connectivity index (χ0) is 14.9. The fraction of sp³-hybridized carbons (Fsp3) is 0.714. The third-order valence-electron chi connectivity index (χ3n) is 4.21. The Morgan fingerprint density at radius 3 is 2.85 bits per heavy atom. The molecule has 0 radical (unpaired) electrons. The van der Waals surface area contributed by atoms with Crippen LogP contribution in [0.1, 0.15) is 39.2 Å². The van der Waals surface area contributed by atoms with E-state index in [-0.39, 0.29) is 11.6 Å². The van der Waals surface area contributed by atoms with Crippen LogP contribution in [0.5, 0.6) is 0 Å². The van der Waals surface area contributed by atoms with Crippen molar-refractivity contribution in [2.45, 2.75) is 45.2 Å². The zero-order valence-corrected chi connectivity index (χ0v) is 13.9. The van der Waals surface area contributed by atoms with Gasteiger partial charge < -0.3 is 10.6 Å². The maximum absolute atomic E-state index is 12.3. The van der Waals surface area contributed by atoms with Gasteiger partial charge in [0.05, 0.1) is 17.9 Å². The maximum atomic E-state index is 12.3. The highest BCUT2D eigenvalue weighted by molar-refractivity contribution is 9.10. The summed E-state index contributed by atoms with van der Waals surface area (Å²) in [6.45, 7) is 4.60. The van der Waals surface area contributed by atoms with Gasteiger partial charge in [-0.05, 0) is 55.1 Å². The Bertz CT molecular complexity index is 528. The average molecular weight is 343 g/mol. The predicted molar refractivity (Wildman–Crippen MR) is 85.2 cm³/mol. The molecule has 2 atom stereocenters. The molecule has 0 bridgehead atoms. The van der Waals surface area contributed by atoms with Gasteiger partial charge in [-0.1, -0.05) is 6.42 Å². The molecule has 0 saturated heterocycles. The standard InChI is InChI=1S/C14H23BrN4O/c1-9(2)19-14(20)13(15)12(8-17-19)18(3)11-6-4-5-10(11)7-16/h8-11H,4-7,16H2,1-3H3. The van der Waals surface area contributed by atoms with Crippen molar-refractivity contribution in [3.8, 4) is 0 Å². The van der Waals surface area contributed by atoms with Gasteiger partial charge in [-0.15, -0.1) is 0 Å². The SMILES string of the molecule is CC(C)n1ncc(N(C)C2CCCC2CN)c(Br)c1=O. The van der Waals surface area contributed by atoms with E-state index >= 15 is 0 Å². The van der Waals surface area contributed by atoms with Crippen molar-refractivity contribution >= 4 is 21.6 Å². The van der Waals surface area contributed by atoms with Crippen LogP contribution in [-0.4, -0.2) is 29.4 Å². The van der Waals surface area contributed by atoms with Crippen molar-refractivity contribution in [2.75, 3.05) is 18.5 Å². The van der Waals surface area contributed by atoms with Crippen LogP contribution in [0.15, 0.2) is 15.5 Å². The molecule has 1 saturated carbocycles. The topological polar surface area (TPSA) is 64.2 Å². The molecule has 1 heterocycles. The van der Waals surface area contributed by atoms with E-state index in [1.54, 1.807) is 6.20 Å². The van der Waals surface area contributed by atoms with E-state index in [4.69, 9.17) is 5.73 Å². The smallest absolute Gasteiger partial charge is 0.283 e. The molecule has 1 aliphatic rings. The maximum Gasteiger partial charge on any atom is 0.283 e. The minimum absolute atomic E-state index is 0.0569. The Hall–Kier alpha value is -0.880. The van der Waals surface area contributed by atoms with Crippen molar-refractivity contribution in [3.63, 3.8) is 0 Å². The minimum Gasteiger partial charge on any atom is -0.369 e. The number of hydrogen-bond acceptors (Lipinski definition) is 4. The monoisotopic (exact) mass is 342 g/mol. The molecule has 1 aromatic heterocycles. The molecule has 0 aliphatic heterocycles. The molecule has 6 heteroatoms. The average Bonchev–Trinajstić information content (AvgIpc) is 2.89. The van der Waals surface area contributed by atoms with Crippen molar-refractivity contribution in [1.82, 2.24) is 9.78 Å². The van der Waals surface area contributed by atoms with Gasteiger partial charge in [0.15, 0.2) is 0 Å². The molecule has 5 nitrogen and oxygen atoms in total. The number of aromatic nitrogens is 2. The highest BCUT2D eigenvalue weighted by Gasteiger charge is 2.31.